The second-order valence-corrected chi connectivity index (χ2v) is 7.25. The molecule has 3 rings (SSSR count). The van der Waals surface area contributed by atoms with E-state index >= 15 is 0 Å². The fraction of sp³-hybridized carbons (Fsp3) is 0.364. The van der Waals surface area contributed by atoms with Gasteiger partial charge in [0.05, 0.1) is 0 Å². The molecule has 0 aliphatic carbocycles. The average molecular weight is 365 g/mol. The van der Waals surface area contributed by atoms with Crippen LogP contribution in [0.4, 0.5) is 11.4 Å². The molecule has 0 radical (unpaired) electrons. The highest BCUT2D eigenvalue weighted by atomic mass is 16.2. The standard InChI is InChI=1S/C22H27N3O2/c1-15-7-6-8-18(13-15)22(27)23-17(3)21(26)24-20-10-9-19(14-16(20)2)25-11-4-5-12-25/h6-10,13-14,17H,4-5,11-12H2,1-3H3,(H,23,27)(H,24,26). The summed E-state index contributed by atoms with van der Waals surface area (Å²) in [6, 6.07) is 12.8. The summed E-state index contributed by atoms with van der Waals surface area (Å²) in [7, 11) is 0. The minimum Gasteiger partial charge on any atom is -0.372 e. The summed E-state index contributed by atoms with van der Waals surface area (Å²) in [5.41, 5.74) is 4.56. The first-order valence-electron chi connectivity index (χ1n) is 9.48. The molecular weight excluding hydrogens is 338 g/mol. The number of hydrogen-bond acceptors (Lipinski definition) is 3. The Labute approximate surface area is 160 Å². The third-order valence-corrected chi connectivity index (χ3v) is 4.96. The lowest BCUT2D eigenvalue weighted by atomic mass is 10.1. The number of rotatable bonds is 5. The van der Waals surface area contributed by atoms with Gasteiger partial charge in [-0.15, -0.1) is 0 Å². The van der Waals surface area contributed by atoms with E-state index in [0.717, 1.165) is 29.9 Å². The zero-order valence-electron chi connectivity index (χ0n) is 16.2. The minimum absolute atomic E-state index is 0.229. The Bertz CT molecular complexity index is 841. The van der Waals surface area contributed by atoms with Crippen LogP contribution in [-0.2, 0) is 4.79 Å². The highest BCUT2D eigenvalue weighted by Gasteiger charge is 2.18. The van der Waals surface area contributed by atoms with Crippen LogP contribution >= 0.6 is 0 Å². The summed E-state index contributed by atoms with van der Waals surface area (Å²) < 4.78 is 0. The fourth-order valence-electron chi connectivity index (χ4n) is 3.33. The van der Waals surface area contributed by atoms with Crippen LogP contribution in [0.3, 0.4) is 0 Å². The molecule has 1 saturated heterocycles. The van der Waals surface area contributed by atoms with E-state index in [1.807, 2.05) is 38.1 Å². The Morgan fingerprint density at radius 3 is 2.44 bits per heavy atom. The number of nitrogens with zero attached hydrogens (tertiary/aromatic N) is 1. The summed E-state index contributed by atoms with van der Waals surface area (Å²) in [5.74, 6) is -0.476. The number of aryl methyl sites for hydroxylation is 2. The molecule has 0 aromatic heterocycles. The molecule has 1 atom stereocenters. The highest BCUT2D eigenvalue weighted by molar-refractivity contribution is 6.01. The van der Waals surface area contributed by atoms with Gasteiger partial charge in [-0.1, -0.05) is 17.7 Å². The average Bonchev–Trinajstić information content (AvgIpc) is 3.18. The Morgan fingerprint density at radius 2 is 1.78 bits per heavy atom. The van der Waals surface area contributed by atoms with E-state index in [1.165, 1.54) is 18.5 Å². The number of amides is 2. The van der Waals surface area contributed by atoms with Crippen molar-refractivity contribution in [3.8, 4) is 0 Å². The monoisotopic (exact) mass is 365 g/mol. The first-order valence-corrected chi connectivity index (χ1v) is 9.48. The molecule has 2 N–H and O–H groups in total. The molecule has 5 heteroatoms. The van der Waals surface area contributed by atoms with Gasteiger partial charge in [0.2, 0.25) is 5.91 Å². The van der Waals surface area contributed by atoms with Crippen LogP contribution in [-0.4, -0.2) is 30.9 Å². The molecule has 1 unspecified atom stereocenters. The van der Waals surface area contributed by atoms with E-state index in [4.69, 9.17) is 0 Å². The summed E-state index contributed by atoms with van der Waals surface area (Å²) in [5, 5.41) is 5.68. The zero-order valence-corrected chi connectivity index (χ0v) is 16.2. The van der Waals surface area contributed by atoms with Crippen molar-refractivity contribution in [1.29, 1.82) is 0 Å². The molecule has 2 aromatic carbocycles. The maximum absolute atomic E-state index is 12.5. The van der Waals surface area contributed by atoms with Crippen LogP contribution in [0.1, 0.15) is 41.3 Å². The van der Waals surface area contributed by atoms with E-state index in [-0.39, 0.29) is 11.8 Å². The third kappa shape index (κ3) is 4.67. The summed E-state index contributed by atoms with van der Waals surface area (Å²) >= 11 is 0. The molecular formula is C22H27N3O2. The van der Waals surface area contributed by atoms with E-state index in [9.17, 15) is 9.59 Å². The van der Waals surface area contributed by atoms with E-state index < -0.39 is 6.04 Å². The highest BCUT2D eigenvalue weighted by Crippen LogP contribution is 2.25. The molecule has 5 nitrogen and oxygen atoms in total. The van der Waals surface area contributed by atoms with Gasteiger partial charge in [-0.25, -0.2) is 0 Å². The Morgan fingerprint density at radius 1 is 1.04 bits per heavy atom. The van der Waals surface area contributed by atoms with Gasteiger partial charge in [0.25, 0.3) is 5.91 Å². The topological polar surface area (TPSA) is 61.4 Å². The zero-order chi connectivity index (χ0) is 19.4. The number of anilines is 2. The molecule has 142 valence electrons. The van der Waals surface area contributed by atoms with Crippen molar-refractivity contribution in [2.45, 2.75) is 39.7 Å². The molecule has 0 bridgehead atoms. The van der Waals surface area contributed by atoms with Crippen molar-refractivity contribution < 1.29 is 9.59 Å². The van der Waals surface area contributed by atoms with Crippen molar-refractivity contribution in [1.82, 2.24) is 5.32 Å². The van der Waals surface area contributed by atoms with Gasteiger partial charge in [-0.3, -0.25) is 9.59 Å². The Kier molecular flexibility index (Phi) is 5.79. The lowest BCUT2D eigenvalue weighted by Gasteiger charge is -2.20. The molecule has 0 saturated carbocycles. The summed E-state index contributed by atoms with van der Waals surface area (Å²) in [6.45, 7) is 7.80. The smallest absolute Gasteiger partial charge is 0.251 e. The Balaban J connectivity index is 1.61. The lowest BCUT2D eigenvalue weighted by molar-refractivity contribution is -0.117. The molecule has 27 heavy (non-hydrogen) atoms. The van der Waals surface area contributed by atoms with Gasteiger partial charge in [0.1, 0.15) is 6.04 Å². The number of hydrogen-bond donors (Lipinski definition) is 2. The number of nitrogens with one attached hydrogen (secondary N) is 2. The second kappa shape index (κ2) is 8.25. The molecule has 1 fully saturated rings. The number of carbonyl (C=O) groups excluding carboxylic acids is 2. The normalized spacial score (nSPS) is 14.7. The van der Waals surface area contributed by atoms with E-state index in [1.54, 1.807) is 19.1 Å². The SMILES string of the molecule is Cc1cccc(C(=O)NC(C)C(=O)Nc2ccc(N3CCCC3)cc2C)c1. The largest absolute Gasteiger partial charge is 0.372 e. The van der Waals surface area contributed by atoms with Crippen molar-refractivity contribution in [2.75, 3.05) is 23.3 Å². The summed E-state index contributed by atoms with van der Waals surface area (Å²) in [6.07, 6.45) is 2.46. The van der Waals surface area contributed by atoms with Gasteiger partial charge < -0.3 is 15.5 Å². The number of benzene rings is 2. The van der Waals surface area contributed by atoms with Gasteiger partial charge in [0, 0.05) is 30.0 Å². The summed E-state index contributed by atoms with van der Waals surface area (Å²) in [4.78, 5) is 27.2. The van der Waals surface area contributed by atoms with Crippen molar-refractivity contribution in [3.63, 3.8) is 0 Å². The molecule has 1 aliphatic heterocycles. The third-order valence-electron chi connectivity index (χ3n) is 4.96. The first kappa shape index (κ1) is 19.0. The number of carbonyl (C=O) groups is 2. The minimum atomic E-state index is -0.629. The van der Waals surface area contributed by atoms with Gasteiger partial charge in [-0.2, -0.15) is 0 Å². The maximum Gasteiger partial charge on any atom is 0.251 e. The van der Waals surface area contributed by atoms with Crippen LogP contribution in [0, 0.1) is 13.8 Å². The van der Waals surface area contributed by atoms with Crippen molar-refractivity contribution >= 4 is 23.2 Å². The van der Waals surface area contributed by atoms with Crippen molar-refractivity contribution in [2.24, 2.45) is 0 Å². The van der Waals surface area contributed by atoms with Crippen LogP contribution in [0.5, 0.6) is 0 Å². The fourth-order valence-corrected chi connectivity index (χ4v) is 3.33. The van der Waals surface area contributed by atoms with Gasteiger partial charge >= 0.3 is 0 Å². The second-order valence-electron chi connectivity index (χ2n) is 7.25. The maximum atomic E-state index is 12.5. The van der Waals surface area contributed by atoms with E-state index in [2.05, 4.69) is 21.6 Å². The molecule has 2 aromatic rings. The molecule has 1 heterocycles. The molecule has 2 amide bonds. The predicted octanol–water partition coefficient (Wildman–Crippen LogP) is 3.66. The Hall–Kier alpha value is -2.82. The quantitative estimate of drug-likeness (QED) is 0.850. The van der Waals surface area contributed by atoms with E-state index in [0.29, 0.717) is 5.56 Å². The molecule has 0 spiro atoms. The van der Waals surface area contributed by atoms with Crippen LogP contribution < -0.4 is 15.5 Å². The van der Waals surface area contributed by atoms with Gasteiger partial charge in [0.15, 0.2) is 0 Å². The van der Waals surface area contributed by atoms with Crippen LogP contribution in [0.2, 0.25) is 0 Å². The first-order chi connectivity index (χ1) is 12.9. The van der Waals surface area contributed by atoms with Crippen molar-refractivity contribution in [3.05, 3.63) is 59.2 Å². The predicted molar refractivity (Wildman–Crippen MR) is 109 cm³/mol. The van der Waals surface area contributed by atoms with Gasteiger partial charge in [-0.05, 0) is 69.5 Å². The van der Waals surface area contributed by atoms with Crippen LogP contribution in [0.25, 0.3) is 0 Å². The van der Waals surface area contributed by atoms with Crippen LogP contribution in [0.15, 0.2) is 42.5 Å². The molecule has 1 aliphatic rings. The lowest BCUT2D eigenvalue weighted by Crippen LogP contribution is -2.41.